The second kappa shape index (κ2) is 6.57. The van der Waals surface area contributed by atoms with E-state index in [1.54, 1.807) is 4.90 Å². The minimum atomic E-state index is -0.630. The second-order valence-electron chi connectivity index (χ2n) is 6.39. The van der Waals surface area contributed by atoms with E-state index in [1.165, 1.54) is 0 Å². The number of hydrogen-bond acceptors (Lipinski definition) is 3. The molecule has 0 aromatic heterocycles. The Kier molecular flexibility index (Phi) is 5.97. The number of nitrogens with zero attached hydrogens (tertiary/aromatic N) is 2. The van der Waals surface area contributed by atoms with Gasteiger partial charge in [0.25, 0.3) is 0 Å². The van der Waals surface area contributed by atoms with Crippen molar-refractivity contribution in [2.75, 3.05) is 19.7 Å². The van der Waals surface area contributed by atoms with E-state index in [4.69, 9.17) is 9.47 Å². The van der Waals surface area contributed by atoms with Crippen molar-refractivity contribution < 1.29 is 14.3 Å². The van der Waals surface area contributed by atoms with E-state index in [9.17, 15) is 4.79 Å². The fourth-order valence-electron chi connectivity index (χ4n) is 2.10. The van der Waals surface area contributed by atoms with Gasteiger partial charge in [0.05, 0.1) is 6.61 Å². The van der Waals surface area contributed by atoms with Gasteiger partial charge in [-0.3, -0.25) is 4.90 Å². The van der Waals surface area contributed by atoms with E-state index >= 15 is 0 Å². The number of rotatable bonds is 4. The van der Waals surface area contributed by atoms with Gasteiger partial charge in [-0.2, -0.15) is 0 Å². The summed E-state index contributed by atoms with van der Waals surface area (Å²) >= 11 is 0. The van der Waals surface area contributed by atoms with Gasteiger partial charge in [0.2, 0.25) is 0 Å². The molecule has 6 heteroatoms. The molecule has 5 nitrogen and oxygen atoms in total. The second-order valence-corrected chi connectivity index (χ2v) is 6.39. The maximum absolute atomic E-state index is 12.3. The summed E-state index contributed by atoms with van der Waals surface area (Å²) in [5.41, 5.74) is -1.13. The minimum Gasteiger partial charge on any atom is -0.661 e. The van der Waals surface area contributed by atoms with Crippen molar-refractivity contribution in [1.29, 1.82) is 0 Å². The average molecular weight is 538 g/mol. The van der Waals surface area contributed by atoms with E-state index in [-0.39, 0.29) is 12.1 Å². The van der Waals surface area contributed by atoms with Gasteiger partial charge in [-0.15, -0.1) is 13.1 Å². The van der Waals surface area contributed by atoms with E-state index in [0.29, 0.717) is 13.2 Å². The first-order chi connectivity index (χ1) is 8.67. The Bertz CT molecular complexity index is 316. The third-order valence-electron chi connectivity index (χ3n) is 2.89. The first-order valence-corrected chi connectivity index (χ1v) is 6.97. The van der Waals surface area contributed by atoms with Crippen molar-refractivity contribution in [3.63, 3.8) is 0 Å². The fraction of sp³-hybridized carbons (Fsp3) is 0.929. The summed E-state index contributed by atoms with van der Waals surface area (Å²) in [6.45, 7) is 13.4. The molecule has 1 amide bonds. The van der Waals surface area contributed by atoms with Crippen molar-refractivity contribution in [2.24, 2.45) is 0 Å². The molecule has 0 bridgehead atoms. The standard InChI is InChI=1S/C14H27N2O3.Rf/c1-7-8-15-9-11-10-18-14(5,6)16(11)12(17)19-13(2,3)4;/h11H,7-10H2,1-6H3;/q-1;. The van der Waals surface area contributed by atoms with Crippen LogP contribution < -0.4 is 0 Å². The van der Waals surface area contributed by atoms with Crippen molar-refractivity contribution in [1.82, 2.24) is 4.90 Å². The van der Waals surface area contributed by atoms with Crippen molar-refractivity contribution in [3.8, 4) is 0 Å². The molecule has 1 heterocycles. The van der Waals surface area contributed by atoms with Crippen molar-refractivity contribution >= 4 is 6.09 Å². The zero-order valence-corrected chi connectivity index (χ0v) is 20.1. The molecular weight excluding hydrogens is 511 g/mol. The predicted octanol–water partition coefficient (Wildman–Crippen LogP) is 3.14. The first kappa shape index (κ1) is 18.2. The molecule has 0 N–H and O–H groups in total. The quantitative estimate of drug-likeness (QED) is 0.518. The van der Waals surface area contributed by atoms with Crippen molar-refractivity contribution in [3.05, 3.63) is 5.32 Å². The first-order valence-electron chi connectivity index (χ1n) is 6.97. The molecule has 0 radical (unpaired) electrons. The number of hydrogen-bond donors (Lipinski definition) is 0. The molecule has 0 aromatic rings. The maximum Gasteiger partial charge on any atom is 0.412 e. The molecule has 1 aliphatic rings. The Hall–Kier alpha value is -1.81. The average Bonchev–Trinajstić information content (AvgIpc) is 2.52. The van der Waals surface area contributed by atoms with Crippen LogP contribution in [0, 0.1) is 0 Å². The summed E-state index contributed by atoms with van der Waals surface area (Å²) in [5.74, 6) is 0. The zero-order chi connectivity index (χ0) is 14.7. The topological polar surface area (TPSA) is 52.9 Å². The van der Waals surface area contributed by atoms with Gasteiger partial charge in [0.15, 0.2) is 0 Å². The largest absolute Gasteiger partial charge is 0.661 e. The molecular formula is C14H27N2O3Rf-. The van der Waals surface area contributed by atoms with Crippen molar-refractivity contribution in [2.45, 2.75) is 65.3 Å². The molecule has 1 saturated heterocycles. The van der Waals surface area contributed by atoms with Crippen LogP contribution in [-0.4, -0.2) is 48.1 Å². The van der Waals surface area contributed by atoms with Gasteiger partial charge >= 0.3 is 6.09 Å². The molecule has 20 heavy (non-hydrogen) atoms. The van der Waals surface area contributed by atoms with Crippen LogP contribution in [0.1, 0.15) is 48.0 Å². The van der Waals surface area contributed by atoms with Gasteiger partial charge in [0, 0.05) is 6.04 Å². The maximum atomic E-state index is 12.3. The molecule has 1 fully saturated rings. The molecule has 1 unspecified atom stereocenters. The number of amides is 1. The van der Waals surface area contributed by atoms with E-state index in [1.807, 2.05) is 34.6 Å². The normalized spacial score (nSPS) is 21.5. The van der Waals surface area contributed by atoms with Gasteiger partial charge in [0.1, 0.15) is 11.3 Å². The number of carbonyl (C=O) groups excluding carboxylic acids is 1. The molecule has 0 aliphatic carbocycles. The zero-order valence-electron chi connectivity index (χ0n) is 13.7. The van der Waals surface area contributed by atoms with E-state index < -0.39 is 11.3 Å². The van der Waals surface area contributed by atoms with Gasteiger partial charge in [-0.25, -0.2) is 4.79 Å². The smallest absolute Gasteiger partial charge is 0.412 e. The fourth-order valence-corrected chi connectivity index (χ4v) is 2.10. The van der Waals surface area contributed by atoms with E-state index in [0.717, 1.165) is 13.0 Å². The molecule has 0 aromatic carbocycles. The molecule has 1 atom stereocenters. The van der Waals surface area contributed by atoms with Crippen LogP contribution in [-0.2, 0) is 9.47 Å². The van der Waals surface area contributed by atoms with Crippen LogP contribution in [0.5, 0.6) is 0 Å². The Morgan fingerprint density at radius 2 is 2.05 bits per heavy atom. The molecule has 1 aliphatic heterocycles. The van der Waals surface area contributed by atoms with Crippen LogP contribution in [0.25, 0.3) is 5.32 Å². The van der Waals surface area contributed by atoms with Gasteiger partial charge in [-0.05, 0) is 34.6 Å². The number of ether oxygens (including phenoxy) is 2. The Labute approximate surface area is 116 Å². The molecule has 114 valence electrons. The monoisotopic (exact) mass is 538 g/mol. The summed E-state index contributed by atoms with van der Waals surface area (Å²) in [7, 11) is 0. The minimum absolute atomic E-state index is 0. The summed E-state index contributed by atoms with van der Waals surface area (Å²) < 4.78 is 11.2. The van der Waals surface area contributed by atoms with Crippen LogP contribution in [0.3, 0.4) is 0 Å². The number of carbonyl (C=O) groups is 1. The van der Waals surface area contributed by atoms with Crippen LogP contribution in [0.15, 0.2) is 0 Å². The summed E-state index contributed by atoms with van der Waals surface area (Å²) in [4.78, 5) is 14.0. The van der Waals surface area contributed by atoms with Crippen LogP contribution in [0.2, 0.25) is 0 Å². The van der Waals surface area contributed by atoms with Crippen LogP contribution in [0.4, 0.5) is 4.79 Å². The van der Waals surface area contributed by atoms with Gasteiger partial charge < -0.3 is 14.8 Å². The molecule has 1 rings (SSSR count). The summed E-state index contributed by atoms with van der Waals surface area (Å²) in [6.07, 6.45) is 0.690. The predicted molar refractivity (Wildman–Crippen MR) is 75.3 cm³/mol. The third kappa shape index (κ3) is 4.70. The molecule has 0 spiro atoms. The summed E-state index contributed by atoms with van der Waals surface area (Å²) in [6, 6.07) is -0.0311. The third-order valence-corrected chi connectivity index (χ3v) is 2.89. The van der Waals surface area contributed by atoms with Crippen LogP contribution >= 0.6 is 0 Å². The Balaban J connectivity index is 0.00000361. The van der Waals surface area contributed by atoms with Gasteiger partial charge in [-0.1, -0.05) is 13.3 Å². The Morgan fingerprint density at radius 1 is 1.45 bits per heavy atom. The summed E-state index contributed by atoms with van der Waals surface area (Å²) in [5, 5.41) is 4.44. The Morgan fingerprint density at radius 3 is 2.55 bits per heavy atom. The van der Waals surface area contributed by atoms with E-state index in [2.05, 4.69) is 12.2 Å². The SMILES string of the molecule is CCC[N-]CC1COC(C)(C)N1C(=O)OC(C)(C)C.[Rf]. The molecule has 0 saturated carbocycles.